The van der Waals surface area contributed by atoms with E-state index in [0.717, 1.165) is 19.4 Å². The Kier molecular flexibility index (Phi) is 4.39. The molecule has 82 valence electrons. The largest absolute Gasteiger partial charge is 0.338 e. The maximum Gasteiger partial charge on any atom is 0.225 e. The first kappa shape index (κ1) is 11.5. The van der Waals surface area contributed by atoms with Crippen LogP contribution in [0.25, 0.3) is 0 Å². The van der Waals surface area contributed by atoms with E-state index in [1.54, 1.807) is 0 Å². The fourth-order valence-corrected chi connectivity index (χ4v) is 1.84. The third kappa shape index (κ3) is 2.98. The smallest absolute Gasteiger partial charge is 0.225 e. The Hall–Kier alpha value is -0.570. The van der Waals surface area contributed by atoms with E-state index in [1.165, 1.54) is 12.8 Å². The van der Waals surface area contributed by atoms with Gasteiger partial charge in [-0.3, -0.25) is 4.79 Å². The molecule has 0 aliphatic heterocycles. The highest BCUT2D eigenvalue weighted by Gasteiger charge is 2.33. The highest BCUT2D eigenvalue weighted by Crippen LogP contribution is 2.28. The SMILES string of the molecule is CCCC(C)C(=O)N(CCN)C1CC1. The number of hydrogen-bond donors (Lipinski definition) is 1. The molecule has 1 atom stereocenters. The summed E-state index contributed by atoms with van der Waals surface area (Å²) in [6.07, 6.45) is 4.41. The molecule has 0 aromatic carbocycles. The lowest BCUT2D eigenvalue weighted by Gasteiger charge is -2.25. The Labute approximate surface area is 86.6 Å². The third-order valence-corrected chi connectivity index (χ3v) is 2.78. The number of nitrogens with zero attached hydrogens (tertiary/aromatic N) is 1. The zero-order valence-electron chi connectivity index (χ0n) is 9.33. The molecule has 0 radical (unpaired) electrons. The molecule has 0 heterocycles. The molecule has 1 saturated carbocycles. The average molecular weight is 198 g/mol. The normalized spacial score (nSPS) is 17.9. The van der Waals surface area contributed by atoms with E-state index in [1.807, 2.05) is 11.8 Å². The summed E-state index contributed by atoms with van der Waals surface area (Å²) >= 11 is 0. The van der Waals surface area contributed by atoms with Gasteiger partial charge in [0.1, 0.15) is 0 Å². The summed E-state index contributed by atoms with van der Waals surface area (Å²) in [5.41, 5.74) is 5.51. The number of nitrogens with two attached hydrogens (primary N) is 1. The minimum atomic E-state index is 0.173. The predicted molar refractivity (Wildman–Crippen MR) is 57.9 cm³/mol. The molecule has 1 aliphatic rings. The summed E-state index contributed by atoms with van der Waals surface area (Å²) < 4.78 is 0. The van der Waals surface area contributed by atoms with Crippen molar-refractivity contribution in [3.8, 4) is 0 Å². The molecule has 1 unspecified atom stereocenters. The summed E-state index contributed by atoms with van der Waals surface area (Å²) in [4.78, 5) is 14.0. The molecule has 3 nitrogen and oxygen atoms in total. The van der Waals surface area contributed by atoms with Gasteiger partial charge >= 0.3 is 0 Å². The average Bonchev–Trinajstić information content (AvgIpc) is 2.97. The van der Waals surface area contributed by atoms with Crippen molar-refractivity contribution in [3.05, 3.63) is 0 Å². The standard InChI is InChI=1S/C11H22N2O/c1-3-4-9(2)11(14)13(8-7-12)10-5-6-10/h9-10H,3-8,12H2,1-2H3. The van der Waals surface area contributed by atoms with Crippen molar-refractivity contribution in [2.24, 2.45) is 11.7 Å². The summed E-state index contributed by atoms with van der Waals surface area (Å²) in [5.74, 6) is 0.479. The van der Waals surface area contributed by atoms with Gasteiger partial charge in [0.2, 0.25) is 5.91 Å². The molecule has 1 fully saturated rings. The van der Waals surface area contributed by atoms with Gasteiger partial charge in [-0.1, -0.05) is 20.3 Å². The third-order valence-electron chi connectivity index (χ3n) is 2.78. The van der Waals surface area contributed by atoms with Gasteiger partial charge in [-0.15, -0.1) is 0 Å². The molecular formula is C11H22N2O. The number of hydrogen-bond acceptors (Lipinski definition) is 2. The predicted octanol–water partition coefficient (Wildman–Crippen LogP) is 1.37. The molecule has 1 amide bonds. The second-order valence-electron chi connectivity index (χ2n) is 4.24. The second kappa shape index (κ2) is 5.35. The van der Waals surface area contributed by atoms with Crippen molar-refractivity contribution in [2.75, 3.05) is 13.1 Å². The highest BCUT2D eigenvalue weighted by atomic mass is 16.2. The van der Waals surface area contributed by atoms with E-state index in [9.17, 15) is 4.79 Å². The fraction of sp³-hybridized carbons (Fsp3) is 0.909. The van der Waals surface area contributed by atoms with Gasteiger partial charge in [0.15, 0.2) is 0 Å². The second-order valence-corrected chi connectivity index (χ2v) is 4.24. The molecule has 1 rings (SSSR count). The fourth-order valence-electron chi connectivity index (χ4n) is 1.84. The lowest BCUT2D eigenvalue weighted by atomic mass is 10.0. The zero-order valence-corrected chi connectivity index (χ0v) is 9.33. The first-order valence-electron chi connectivity index (χ1n) is 5.71. The quantitative estimate of drug-likeness (QED) is 0.700. The number of amides is 1. The van der Waals surface area contributed by atoms with Crippen molar-refractivity contribution < 1.29 is 4.79 Å². The molecule has 14 heavy (non-hydrogen) atoms. The molecule has 2 N–H and O–H groups in total. The Morgan fingerprint density at radius 1 is 1.57 bits per heavy atom. The molecule has 0 saturated heterocycles. The maximum atomic E-state index is 12.0. The van der Waals surface area contributed by atoms with Crippen LogP contribution < -0.4 is 5.73 Å². The van der Waals surface area contributed by atoms with Gasteiger partial charge in [0, 0.05) is 25.0 Å². The Balaban J connectivity index is 2.44. The first-order chi connectivity index (χ1) is 6.70. The van der Waals surface area contributed by atoms with Crippen molar-refractivity contribution in [3.63, 3.8) is 0 Å². The summed E-state index contributed by atoms with van der Waals surface area (Å²) in [5, 5.41) is 0. The van der Waals surface area contributed by atoms with Crippen LogP contribution in [0.4, 0.5) is 0 Å². The van der Waals surface area contributed by atoms with Crippen LogP contribution in [0.1, 0.15) is 39.5 Å². The van der Waals surface area contributed by atoms with E-state index < -0.39 is 0 Å². The van der Waals surface area contributed by atoms with Gasteiger partial charge < -0.3 is 10.6 Å². The highest BCUT2D eigenvalue weighted by molar-refractivity contribution is 5.79. The monoisotopic (exact) mass is 198 g/mol. The summed E-state index contributed by atoms with van der Waals surface area (Å²) in [6.45, 7) is 5.46. The number of carbonyl (C=O) groups excluding carboxylic acids is 1. The van der Waals surface area contributed by atoms with Crippen LogP contribution >= 0.6 is 0 Å². The van der Waals surface area contributed by atoms with Crippen LogP contribution in [0.5, 0.6) is 0 Å². The molecular weight excluding hydrogens is 176 g/mol. The van der Waals surface area contributed by atoms with Crippen LogP contribution in [0.15, 0.2) is 0 Å². The van der Waals surface area contributed by atoms with E-state index in [0.29, 0.717) is 18.5 Å². The Morgan fingerprint density at radius 3 is 2.64 bits per heavy atom. The van der Waals surface area contributed by atoms with Crippen LogP contribution in [-0.2, 0) is 4.79 Å². The van der Waals surface area contributed by atoms with E-state index in [2.05, 4.69) is 6.92 Å². The Morgan fingerprint density at radius 2 is 2.21 bits per heavy atom. The number of rotatable bonds is 6. The molecule has 0 bridgehead atoms. The minimum Gasteiger partial charge on any atom is -0.338 e. The molecule has 1 aliphatic carbocycles. The van der Waals surface area contributed by atoms with Gasteiger partial charge in [0.05, 0.1) is 0 Å². The van der Waals surface area contributed by atoms with Crippen molar-refractivity contribution in [1.82, 2.24) is 4.90 Å². The maximum absolute atomic E-state index is 12.0. The van der Waals surface area contributed by atoms with Crippen molar-refractivity contribution in [1.29, 1.82) is 0 Å². The molecule has 0 aromatic rings. The van der Waals surface area contributed by atoms with E-state index in [4.69, 9.17) is 5.73 Å². The minimum absolute atomic E-state index is 0.173. The first-order valence-corrected chi connectivity index (χ1v) is 5.71. The van der Waals surface area contributed by atoms with Crippen LogP contribution in [0.2, 0.25) is 0 Å². The topological polar surface area (TPSA) is 46.3 Å². The van der Waals surface area contributed by atoms with E-state index >= 15 is 0 Å². The van der Waals surface area contributed by atoms with Gasteiger partial charge in [0.25, 0.3) is 0 Å². The van der Waals surface area contributed by atoms with Gasteiger partial charge in [-0.25, -0.2) is 0 Å². The van der Waals surface area contributed by atoms with Crippen LogP contribution in [-0.4, -0.2) is 29.9 Å². The lowest BCUT2D eigenvalue weighted by Crippen LogP contribution is -2.40. The summed E-state index contributed by atoms with van der Waals surface area (Å²) in [6, 6.07) is 0.505. The molecule has 3 heteroatoms. The summed E-state index contributed by atoms with van der Waals surface area (Å²) in [7, 11) is 0. The Bertz CT molecular complexity index is 190. The zero-order chi connectivity index (χ0) is 10.6. The van der Waals surface area contributed by atoms with E-state index in [-0.39, 0.29) is 5.92 Å². The molecule has 0 aromatic heterocycles. The van der Waals surface area contributed by atoms with Gasteiger partial charge in [-0.05, 0) is 19.3 Å². The van der Waals surface area contributed by atoms with Crippen molar-refractivity contribution >= 4 is 5.91 Å². The lowest BCUT2D eigenvalue weighted by molar-refractivity contribution is -0.135. The number of carbonyl (C=O) groups is 1. The van der Waals surface area contributed by atoms with Crippen molar-refractivity contribution in [2.45, 2.75) is 45.6 Å². The van der Waals surface area contributed by atoms with Crippen LogP contribution in [0, 0.1) is 5.92 Å². The van der Waals surface area contributed by atoms with Crippen LogP contribution in [0.3, 0.4) is 0 Å². The van der Waals surface area contributed by atoms with Gasteiger partial charge in [-0.2, -0.15) is 0 Å². The molecule has 0 spiro atoms.